The maximum atomic E-state index is 15.1. The Bertz CT molecular complexity index is 1840. The second-order valence-corrected chi connectivity index (χ2v) is 15.3. The number of aliphatic hydroxyl groups excluding tert-OH is 1. The van der Waals surface area contributed by atoms with Crippen molar-refractivity contribution in [3.63, 3.8) is 0 Å². The summed E-state index contributed by atoms with van der Waals surface area (Å²) in [5.74, 6) is -3.98. The Hall–Kier alpha value is -4.32. The Kier molecular flexibility index (Phi) is 11.3. The molecule has 2 N–H and O–H groups in total. The molecule has 3 aliphatic rings. The van der Waals surface area contributed by atoms with Gasteiger partial charge in [0, 0.05) is 23.5 Å². The van der Waals surface area contributed by atoms with Crippen molar-refractivity contribution in [3.8, 4) is 0 Å². The molecule has 3 aromatic rings. The van der Waals surface area contributed by atoms with Crippen LogP contribution < -0.4 is 10.2 Å². The fourth-order valence-corrected chi connectivity index (χ4v) is 9.12. The van der Waals surface area contributed by atoms with Gasteiger partial charge < -0.3 is 29.7 Å². The summed E-state index contributed by atoms with van der Waals surface area (Å²) in [7, 11) is 0. The summed E-state index contributed by atoms with van der Waals surface area (Å²) in [6, 6.07) is 20.8. The van der Waals surface area contributed by atoms with Gasteiger partial charge >= 0.3 is 5.97 Å². The molecular weight excluding hydrogens is 726 g/mol. The van der Waals surface area contributed by atoms with E-state index in [1.54, 1.807) is 17.1 Å². The number of halogens is 1. The van der Waals surface area contributed by atoms with Crippen LogP contribution >= 0.6 is 15.9 Å². The number of allylic oxidation sites excluding steroid dienone is 1. The lowest BCUT2D eigenvalue weighted by molar-refractivity contribution is -0.161. The molecule has 274 valence electrons. The average Bonchev–Trinajstić information content (AvgIpc) is 3.74. The Balaban J connectivity index is 1.37. The van der Waals surface area contributed by atoms with Crippen LogP contribution in [0.5, 0.6) is 0 Å². The first-order valence-corrected chi connectivity index (χ1v) is 18.8. The fraction of sp³-hybridized carbons (Fsp3) is 0.415. The van der Waals surface area contributed by atoms with Crippen molar-refractivity contribution < 1.29 is 33.8 Å². The van der Waals surface area contributed by atoms with Gasteiger partial charge in [-0.2, -0.15) is 0 Å². The molecule has 3 heterocycles. The van der Waals surface area contributed by atoms with E-state index in [0.29, 0.717) is 24.1 Å². The number of hydrogen-bond acceptors (Lipinski definition) is 7. The number of nitrogens with one attached hydrogen (secondary N) is 1. The van der Waals surface area contributed by atoms with E-state index in [0.717, 1.165) is 10.8 Å². The van der Waals surface area contributed by atoms with Crippen molar-refractivity contribution in [2.75, 3.05) is 24.6 Å². The van der Waals surface area contributed by atoms with Crippen molar-refractivity contribution >= 4 is 56.1 Å². The van der Waals surface area contributed by atoms with Crippen LogP contribution in [0, 0.1) is 17.8 Å². The Labute approximate surface area is 313 Å². The second kappa shape index (κ2) is 15.7. The van der Waals surface area contributed by atoms with Crippen LogP contribution in [0.2, 0.25) is 0 Å². The molecule has 3 aliphatic heterocycles. The molecule has 1 spiro atoms. The number of anilines is 1. The monoisotopic (exact) mass is 771 g/mol. The maximum Gasteiger partial charge on any atom is 0.313 e. The molecule has 6 rings (SSSR count). The topological polar surface area (TPSA) is 125 Å². The van der Waals surface area contributed by atoms with Gasteiger partial charge in [0.25, 0.3) is 5.91 Å². The van der Waals surface area contributed by atoms with Crippen LogP contribution in [0.4, 0.5) is 5.69 Å². The van der Waals surface area contributed by atoms with Crippen molar-refractivity contribution in [3.05, 3.63) is 104 Å². The highest BCUT2D eigenvalue weighted by Crippen LogP contribution is 2.61. The van der Waals surface area contributed by atoms with E-state index in [4.69, 9.17) is 9.47 Å². The molecule has 0 saturated carbocycles. The number of fused-ring (bicyclic) bond motifs is 2. The molecule has 8 atom stereocenters. The molecule has 0 radical (unpaired) electrons. The van der Waals surface area contributed by atoms with Gasteiger partial charge in [0.1, 0.15) is 17.7 Å². The summed E-state index contributed by atoms with van der Waals surface area (Å²) in [6.07, 6.45) is 2.75. The molecule has 3 amide bonds. The summed E-state index contributed by atoms with van der Waals surface area (Å²) >= 11 is 3.74. The number of ether oxygens (including phenoxy) is 2. The van der Waals surface area contributed by atoms with Crippen molar-refractivity contribution in [2.24, 2.45) is 17.8 Å². The molecule has 11 heteroatoms. The highest BCUT2D eigenvalue weighted by atomic mass is 79.9. The average molecular weight is 773 g/mol. The molecule has 0 aromatic heterocycles. The maximum absolute atomic E-state index is 15.1. The highest BCUT2D eigenvalue weighted by Gasteiger charge is 2.77. The largest absolute Gasteiger partial charge is 0.455 e. The van der Waals surface area contributed by atoms with Gasteiger partial charge in [-0.25, -0.2) is 0 Å². The third-order valence-electron chi connectivity index (χ3n) is 10.7. The van der Waals surface area contributed by atoms with Crippen LogP contribution in [0.3, 0.4) is 0 Å². The van der Waals surface area contributed by atoms with Crippen molar-refractivity contribution in [1.29, 1.82) is 0 Å². The third-order valence-corrected chi connectivity index (χ3v) is 11.5. The molecule has 2 bridgehead atoms. The fourth-order valence-electron chi connectivity index (χ4n) is 8.18. The van der Waals surface area contributed by atoms with E-state index in [-0.39, 0.29) is 48.7 Å². The van der Waals surface area contributed by atoms with Gasteiger partial charge in [0.05, 0.1) is 37.1 Å². The molecule has 0 aliphatic carbocycles. The van der Waals surface area contributed by atoms with Crippen LogP contribution in [-0.2, 0) is 28.7 Å². The quantitative estimate of drug-likeness (QED) is 0.119. The molecule has 10 nitrogen and oxygen atoms in total. The summed E-state index contributed by atoms with van der Waals surface area (Å²) < 4.78 is 12.9. The summed E-state index contributed by atoms with van der Waals surface area (Å²) in [5.41, 5.74) is -0.0751. The summed E-state index contributed by atoms with van der Waals surface area (Å²) in [5, 5.41) is 15.5. The normalized spacial score (nSPS) is 25.8. The zero-order valence-electron chi connectivity index (χ0n) is 29.5. The summed E-state index contributed by atoms with van der Waals surface area (Å²) in [6.45, 7) is 11.2. The first-order chi connectivity index (χ1) is 25.1. The van der Waals surface area contributed by atoms with Crippen LogP contribution in [0.25, 0.3) is 10.8 Å². The molecule has 3 aromatic carbocycles. The van der Waals surface area contributed by atoms with E-state index < -0.39 is 53.6 Å². The molecule has 3 fully saturated rings. The van der Waals surface area contributed by atoms with Gasteiger partial charge in [0.2, 0.25) is 11.8 Å². The molecule has 3 saturated heterocycles. The Morgan fingerprint density at radius 1 is 1.08 bits per heavy atom. The second-order valence-electron chi connectivity index (χ2n) is 14.1. The van der Waals surface area contributed by atoms with Crippen LogP contribution in [0.1, 0.15) is 44.8 Å². The molecule has 1 unspecified atom stereocenters. The van der Waals surface area contributed by atoms with E-state index >= 15 is 4.79 Å². The SMILES string of the molecule is C=CCCC(=O)NC[C@H](OC(=O)[C@H]1[C@@H]2O[C@@]3(CC2Br)[C@@H]1C(=O)N([C@@H](CO)C(C)C)[C@@H]3C(=O)N(CC=C)c1ccc2ccccc2c1)c1ccccc1. The lowest BCUT2D eigenvalue weighted by Gasteiger charge is -2.40. The minimum Gasteiger partial charge on any atom is -0.455 e. The van der Waals surface area contributed by atoms with E-state index in [9.17, 15) is 19.5 Å². The number of rotatable bonds is 15. The number of carbonyl (C=O) groups excluding carboxylic acids is 4. The number of benzene rings is 3. The first-order valence-electron chi connectivity index (χ1n) is 17.8. The smallest absolute Gasteiger partial charge is 0.313 e. The molecule has 52 heavy (non-hydrogen) atoms. The minimum atomic E-state index is -1.38. The number of aliphatic hydroxyl groups is 1. The lowest BCUT2D eigenvalue weighted by atomic mass is 9.70. The van der Waals surface area contributed by atoms with Gasteiger partial charge in [-0.15, -0.1) is 13.2 Å². The van der Waals surface area contributed by atoms with E-state index in [1.807, 2.05) is 86.6 Å². The zero-order chi connectivity index (χ0) is 37.2. The van der Waals surface area contributed by atoms with Gasteiger partial charge in [-0.05, 0) is 47.2 Å². The van der Waals surface area contributed by atoms with Crippen LogP contribution in [0.15, 0.2) is 98.1 Å². The number of nitrogens with zero attached hydrogens (tertiary/aromatic N) is 2. The van der Waals surface area contributed by atoms with Crippen molar-refractivity contribution in [1.82, 2.24) is 10.2 Å². The minimum absolute atomic E-state index is 0.0287. The van der Waals surface area contributed by atoms with Gasteiger partial charge in [-0.1, -0.05) is 103 Å². The Morgan fingerprint density at radius 3 is 2.46 bits per heavy atom. The predicted molar refractivity (Wildman–Crippen MR) is 202 cm³/mol. The van der Waals surface area contributed by atoms with Crippen molar-refractivity contribution in [2.45, 2.75) is 67.8 Å². The highest BCUT2D eigenvalue weighted by molar-refractivity contribution is 9.09. The number of carbonyl (C=O) groups is 4. The predicted octanol–water partition coefficient (Wildman–Crippen LogP) is 5.49. The lowest BCUT2D eigenvalue weighted by Crippen LogP contribution is -2.60. The summed E-state index contributed by atoms with van der Waals surface area (Å²) in [4.78, 5) is 59.6. The number of hydrogen-bond donors (Lipinski definition) is 2. The third kappa shape index (κ3) is 6.81. The first kappa shape index (κ1) is 37.4. The standard InChI is InChI=1S/C41H46BrN3O7/c1-5-7-17-33(47)43-23-32(27-14-9-8-10-15-27)51-40(50)34-35-38(48)45(31(24-46)25(3)4)37(41(35)22-30(42)36(34)52-41)39(49)44(20-6-2)29-19-18-26-13-11-12-16-28(26)21-29/h5-6,8-16,18-19,21,25,30-32,34-37,46H,1-2,7,17,20,22-24H2,3-4H3,(H,43,47)/t30?,31-,32-,34+,35-,36+,37+,41-/m0/s1. The van der Waals surface area contributed by atoms with Gasteiger partial charge in [0.15, 0.2) is 0 Å². The van der Waals surface area contributed by atoms with Gasteiger partial charge in [-0.3, -0.25) is 19.2 Å². The Morgan fingerprint density at radius 2 is 1.79 bits per heavy atom. The zero-order valence-corrected chi connectivity index (χ0v) is 31.1. The number of likely N-dealkylation sites (tertiary alicyclic amines) is 1. The van der Waals surface area contributed by atoms with Crippen LogP contribution in [-0.4, -0.2) is 82.0 Å². The number of esters is 1. The van der Waals surface area contributed by atoms with E-state index in [2.05, 4.69) is 34.4 Å². The molecular formula is C41H46BrN3O7. The van der Waals surface area contributed by atoms with E-state index in [1.165, 1.54) is 4.90 Å². The number of amides is 3. The number of alkyl halides is 1.